The number of halogens is 1. The maximum Gasteiger partial charge on any atom is 0.305 e. The zero-order chi connectivity index (χ0) is 14.9. The Kier molecular flexibility index (Phi) is 4.36. The van der Waals surface area contributed by atoms with E-state index in [-0.39, 0.29) is 30.4 Å². The summed E-state index contributed by atoms with van der Waals surface area (Å²) in [5.41, 5.74) is 0. The summed E-state index contributed by atoms with van der Waals surface area (Å²) >= 11 is 6.85. The summed E-state index contributed by atoms with van der Waals surface area (Å²) in [7, 11) is -3.30. The number of sulfone groups is 1. The van der Waals surface area contributed by atoms with Crippen molar-refractivity contribution in [1.82, 2.24) is 4.90 Å². The summed E-state index contributed by atoms with van der Waals surface area (Å²) in [5, 5.41) is 8.86. The average Bonchev–Trinajstić information content (AvgIpc) is 2.73. The Morgan fingerprint density at radius 1 is 1.45 bits per heavy atom. The lowest BCUT2D eigenvalue weighted by atomic mass is 10.2. The van der Waals surface area contributed by atoms with Crippen LogP contribution in [0.4, 0.5) is 0 Å². The molecule has 0 saturated carbocycles. The highest BCUT2D eigenvalue weighted by atomic mass is 35.5. The van der Waals surface area contributed by atoms with Crippen molar-refractivity contribution in [3.63, 3.8) is 0 Å². The number of carboxylic acids is 1. The van der Waals surface area contributed by atoms with Crippen LogP contribution in [0.3, 0.4) is 0 Å². The molecular formula is C11H12ClNO5S2. The lowest BCUT2D eigenvalue weighted by Crippen LogP contribution is -2.51. The third kappa shape index (κ3) is 3.50. The van der Waals surface area contributed by atoms with Crippen molar-refractivity contribution in [2.24, 2.45) is 0 Å². The average molecular weight is 338 g/mol. The summed E-state index contributed by atoms with van der Waals surface area (Å²) in [4.78, 5) is 24.8. The van der Waals surface area contributed by atoms with Gasteiger partial charge in [0.25, 0.3) is 5.91 Å². The molecule has 6 nitrogen and oxygen atoms in total. The Morgan fingerprint density at radius 3 is 2.70 bits per heavy atom. The largest absolute Gasteiger partial charge is 0.481 e. The number of amides is 1. The molecule has 0 bridgehead atoms. The Bertz CT molecular complexity index is 639. The fourth-order valence-corrected chi connectivity index (χ4v) is 4.62. The monoisotopic (exact) mass is 337 g/mol. The number of rotatable bonds is 3. The molecule has 9 heteroatoms. The standard InChI is InChI=1S/C11H12ClNO5S2/c12-9-2-1-8(19-9)11(16)13-3-4-20(17,18)6-7(13)5-10(14)15/h1-2,7H,3-6H2,(H,14,15). The summed E-state index contributed by atoms with van der Waals surface area (Å²) in [5.74, 6) is -1.96. The molecule has 20 heavy (non-hydrogen) atoms. The fourth-order valence-electron chi connectivity index (χ4n) is 2.10. The number of thiophene rings is 1. The first-order chi connectivity index (χ1) is 9.28. The van der Waals surface area contributed by atoms with E-state index in [4.69, 9.17) is 16.7 Å². The van der Waals surface area contributed by atoms with Crippen LogP contribution in [0.5, 0.6) is 0 Å². The third-order valence-corrected chi connectivity index (χ3v) is 5.90. The van der Waals surface area contributed by atoms with Crippen molar-refractivity contribution in [1.29, 1.82) is 0 Å². The number of hydrogen-bond acceptors (Lipinski definition) is 5. The maximum atomic E-state index is 12.3. The Hall–Kier alpha value is -1.12. The van der Waals surface area contributed by atoms with Crippen molar-refractivity contribution < 1.29 is 23.1 Å². The van der Waals surface area contributed by atoms with E-state index in [0.29, 0.717) is 9.21 Å². The minimum atomic E-state index is -3.30. The molecule has 0 aliphatic carbocycles. The minimum Gasteiger partial charge on any atom is -0.481 e. The highest BCUT2D eigenvalue weighted by Crippen LogP contribution is 2.25. The molecule has 1 amide bonds. The van der Waals surface area contributed by atoms with E-state index < -0.39 is 21.8 Å². The SMILES string of the molecule is O=C(O)CC1CS(=O)(=O)CCN1C(=O)c1ccc(Cl)s1. The molecule has 1 N–H and O–H groups in total. The molecule has 1 saturated heterocycles. The van der Waals surface area contributed by atoms with Gasteiger partial charge in [0, 0.05) is 6.54 Å². The number of carbonyl (C=O) groups excluding carboxylic acids is 1. The predicted molar refractivity (Wildman–Crippen MR) is 75.1 cm³/mol. The lowest BCUT2D eigenvalue weighted by molar-refractivity contribution is -0.138. The van der Waals surface area contributed by atoms with Gasteiger partial charge in [-0.3, -0.25) is 9.59 Å². The fraction of sp³-hybridized carbons (Fsp3) is 0.455. The predicted octanol–water partition coefficient (Wildman–Crippen LogP) is 1.12. The van der Waals surface area contributed by atoms with Gasteiger partial charge in [0.1, 0.15) is 0 Å². The first-order valence-corrected chi connectivity index (χ1v) is 8.78. The van der Waals surface area contributed by atoms with Crippen LogP contribution in [-0.4, -0.2) is 54.4 Å². The smallest absolute Gasteiger partial charge is 0.305 e. The van der Waals surface area contributed by atoms with E-state index >= 15 is 0 Å². The number of aliphatic carboxylic acids is 1. The van der Waals surface area contributed by atoms with E-state index in [1.54, 1.807) is 12.1 Å². The molecule has 0 radical (unpaired) electrons. The van der Waals surface area contributed by atoms with E-state index in [9.17, 15) is 18.0 Å². The normalized spacial score (nSPS) is 21.6. The van der Waals surface area contributed by atoms with Gasteiger partial charge in [0.2, 0.25) is 0 Å². The molecule has 1 unspecified atom stereocenters. The van der Waals surface area contributed by atoms with Gasteiger partial charge in [-0.25, -0.2) is 8.42 Å². The van der Waals surface area contributed by atoms with Crippen molar-refractivity contribution in [3.05, 3.63) is 21.3 Å². The van der Waals surface area contributed by atoms with E-state index in [1.165, 1.54) is 4.90 Å². The molecule has 1 aliphatic rings. The Labute approximate surface area is 124 Å². The second-order valence-electron chi connectivity index (χ2n) is 4.47. The Morgan fingerprint density at radius 2 is 2.15 bits per heavy atom. The number of carboxylic acid groups (broad SMARTS) is 1. The van der Waals surface area contributed by atoms with Crippen LogP contribution in [0.1, 0.15) is 16.1 Å². The zero-order valence-corrected chi connectivity index (χ0v) is 12.7. The van der Waals surface area contributed by atoms with Gasteiger partial charge in [-0.1, -0.05) is 11.6 Å². The summed E-state index contributed by atoms with van der Waals surface area (Å²) in [6.45, 7) is 0.00856. The van der Waals surface area contributed by atoms with Gasteiger partial charge >= 0.3 is 5.97 Å². The van der Waals surface area contributed by atoms with Gasteiger partial charge in [-0.05, 0) is 12.1 Å². The molecule has 1 atom stereocenters. The van der Waals surface area contributed by atoms with Crippen LogP contribution in [0.25, 0.3) is 0 Å². The second kappa shape index (κ2) is 5.71. The molecule has 1 fully saturated rings. The van der Waals surface area contributed by atoms with Crippen molar-refractivity contribution in [3.8, 4) is 0 Å². The molecular weight excluding hydrogens is 326 g/mol. The number of nitrogens with zero attached hydrogens (tertiary/aromatic N) is 1. The first-order valence-electron chi connectivity index (χ1n) is 5.77. The molecule has 0 aromatic carbocycles. The highest BCUT2D eigenvalue weighted by Gasteiger charge is 2.36. The van der Waals surface area contributed by atoms with Crippen molar-refractivity contribution in [2.45, 2.75) is 12.5 Å². The Balaban J connectivity index is 2.23. The van der Waals surface area contributed by atoms with Gasteiger partial charge in [0.15, 0.2) is 9.84 Å². The van der Waals surface area contributed by atoms with Crippen LogP contribution in [0.15, 0.2) is 12.1 Å². The second-order valence-corrected chi connectivity index (χ2v) is 8.41. The first kappa shape index (κ1) is 15.3. The van der Waals surface area contributed by atoms with Gasteiger partial charge in [-0.15, -0.1) is 11.3 Å². The van der Waals surface area contributed by atoms with Gasteiger partial charge in [-0.2, -0.15) is 0 Å². The van der Waals surface area contributed by atoms with Crippen molar-refractivity contribution in [2.75, 3.05) is 18.1 Å². The van der Waals surface area contributed by atoms with Crippen LogP contribution in [0, 0.1) is 0 Å². The third-order valence-electron chi connectivity index (χ3n) is 2.99. The maximum absolute atomic E-state index is 12.3. The molecule has 0 spiro atoms. The lowest BCUT2D eigenvalue weighted by Gasteiger charge is -2.34. The number of hydrogen-bond donors (Lipinski definition) is 1. The summed E-state index contributed by atoms with van der Waals surface area (Å²) in [6, 6.07) is 2.29. The molecule has 2 rings (SSSR count). The zero-order valence-electron chi connectivity index (χ0n) is 10.3. The molecule has 1 aromatic heterocycles. The highest BCUT2D eigenvalue weighted by molar-refractivity contribution is 7.91. The molecule has 110 valence electrons. The van der Waals surface area contributed by atoms with E-state index in [2.05, 4.69) is 0 Å². The van der Waals surface area contributed by atoms with Crippen LogP contribution in [0.2, 0.25) is 4.34 Å². The van der Waals surface area contributed by atoms with Crippen LogP contribution in [-0.2, 0) is 14.6 Å². The topological polar surface area (TPSA) is 91.8 Å². The minimum absolute atomic E-state index is 0.00856. The van der Waals surface area contributed by atoms with E-state index in [1.807, 2.05) is 0 Å². The van der Waals surface area contributed by atoms with E-state index in [0.717, 1.165) is 11.3 Å². The molecule has 1 aromatic rings. The van der Waals surface area contributed by atoms with Crippen LogP contribution >= 0.6 is 22.9 Å². The van der Waals surface area contributed by atoms with Gasteiger partial charge < -0.3 is 10.0 Å². The van der Waals surface area contributed by atoms with Crippen LogP contribution < -0.4 is 0 Å². The number of carbonyl (C=O) groups is 2. The van der Waals surface area contributed by atoms with Crippen molar-refractivity contribution >= 4 is 44.7 Å². The molecule has 2 heterocycles. The quantitative estimate of drug-likeness (QED) is 0.892. The molecule has 1 aliphatic heterocycles. The summed E-state index contributed by atoms with van der Waals surface area (Å²) in [6.07, 6.45) is -0.385. The van der Waals surface area contributed by atoms with Gasteiger partial charge in [0.05, 0.1) is 33.2 Å². The summed E-state index contributed by atoms with van der Waals surface area (Å²) < 4.78 is 23.7.